The summed E-state index contributed by atoms with van der Waals surface area (Å²) >= 11 is 0. The molecule has 4 heteroatoms. The first-order chi connectivity index (χ1) is 5.09. The molecular formula is C8H17NO2S. The Balaban J connectivity index is 2.74. The summed E-state index contributed by atoms with van der Waals surface area (Å²) in [5.74, 6) is 0.326. The Morgan fingerprint density at radius 1 is 1.17 bits per heavy atom. The molecule has 0 aromatic rings. The first-order valence-corrected chi connectivity index (χ1v) is 5.81. The van der Waals surface area contributed by atoms with Crippen LogP contribution in [0.2, 0.25) is 0 Å². The van der Waals surface area contributed by atoms with Crippen LogP contribution in [0.1, 0.15) is 27.7 Å². The van der Waals surface area contributed by atoms with E-state index in [0.29, 0.717) is 0 Å². The highest BCUT2D eigenvalue weighted by Crippen LogP contribution is 2.68. The molecule has 0 aromatic carbocycles. The Morgan fingerprint density at radius 2 is 1.50 bits per heavy atom. The van der Waals surface area contributed by atoms with Crippen molar-refractivity contribution in [1.29, 1.82) is 0 Å². The van der Waals surface area contributed by atoms with Crippen molar-refractivity contribution in [3.63, 3.8) is 0 Å². The van der Waals surface area contributed by atoms with Crippen molar-refractivity contribution in [2.24, 2.45) is 21.9 Å². The summed E-state index contributed by atoms with van der Waals surface area (Å²) in [4.78, 5) is 0. The van der Waals surface area contributed by atoms with Gasteiger partial charge in [-0.15, -0.1) is 0 Å². The lowest BCUT2D eigenvalue weighted by Gasteiger charge is -2.04. The van der Waals surface area contributed by atoms with Crippen LogP contribution in [0.15, 0.2) is 0 Å². The van der Waals surface area contributed by atoms with Gasteiger partial charge in [-0.3, -0.25) is 0 Å². The fourth-order valence-corrected chi connectivity index (χ4v) is 3.28. The van der Waals surface area contributed by atoms with Gasteiger partial charge in [-0.1, -0.05) is 27.7 Å². The van der Waals surface area contributed by atoms with Gasteiger partial charge in [0, 0.05) is 0 Å². The quantitative estimate of drug-likeness (QED) is 0.706. The van der Waals surface area contributed by atoms with Crippen molar-refractivity contribution in [1.82, 2.24) is 0 Å². The summed E-state index contributed by atoms with van der Waals surface area (Å²) < 4.78 is 21.7. The van der Waals surface area contributed by atoms with E-state index in [-0.39, 0.29) is 22.5 Å². The van der Waals surface area contributed by atoms with E-state index < -0.39 is 10.0 Å². The molecule has 0 heterocycles. The number of sulfonamides is 1. The summed E-state index contributed by atoms with van der Waals surface area (Å²) in [5, 5.41) is 4.99. The highest BCUT2D eigenvalue weighted by atomic mass is 32.2. The SMILES string of the molecule is CC1(C)C(CS(N)(=O)=O)C1(C)C. The first kappa shape index (κ1) is 9.99. The highest BCUT2D eigenvalue weighted by molar-refractivity contribution is 7.89. The molecule has 1 saturated carbocycles. The van der Waals surface area contributed by atoms with Gasteiger partial charge in [-0.2, -0.15) is 0 Å². The van der Waals surface area contributed by atoms with Gasteiger partial charge in [0.1, 0.15) is 0 Å². The monoisotopic (exact) mass is 191 g/mol. The fourth-order valence-electron chi connectivity index (χ4n) is 1.98. The van der Waals surface area contributed by atoms with Gasteiger partial charge in [-0.25, -0.2) is 13.6 Å². The van der Waals surface area contributed by atoms with Crippen LogP contribution in [0.25, 0.3) is 0 Å². The highest BCUT2D eigenvalue weighted by Gasteiger charge is 2.65. The van der Waals surface area contributed by atoms with E-state index in [9.17, 15) is 8.42 Å². The van der Waals surface area contributed by atoms with Crippen LogP contribution in [-0.4, -0.2) is 14.2 Å². The van der Waals surface area contributed by atoms with E-state index in [1.165, 1.54) is 0 Å². The van der Waals surface area contributed by atoms with Crippen LogP contribution >= 0.6 is 0 Å². The Bertz CT molecular complexity index is 276. The van der Waals surface area contributed by atoms with Crippen LogP contribution in [-0.2, 0) is 10.0 Å². The lowest BCUT2D eigenvalue weighted by Crippen LogP contribution is -2.19. The molecule has 0 radical (unpaired) electrons. The minimum atomic E-state index is -3.30. The van der Waals surface area contributed by atoms with Crippen LogP contribution in [0.4, 0.5) is 0 Å². The largest absolute Gasteiger partial charge is 0.229 e. The zero-order valence-electron chi connectivity index (χ0n) is 8.09. The number of rotatable bonds is 2. The minimum Gasteiger partial charge on any atom is -0.229 e. The first-order valence-electron chi connectivity index (χ1n) is 4.09. The van der Waals surface area contributed by atoms with Gasteiger partial charge >= 0.3 is 0 Å². The average Bonchev–Trinajstić information content (AvgIpc) is 2.09. The topological polar surface area (TPSA) is 60.2 Å². The molecular weight excluding hydrogens is 174 g/mol. The summed E-state index contributed by atoms with van der Waals surface area (Å²) in [6, 6.07) is 0. The Morgan fingerprint density at radius 3 is 1.58 bits per heavy atom. The summed E-state index contributed by atoms with van der Waals surface area (Å²) in [5.41, 5.74) is 0.221. The van der Waals surface area contributed by atoms with Gasteiger partial charge in [0.2, 0.25) is 10.0 Å². The second-order valence-corrected chi connectivity index (χ2v) is 6.48. The zero-order valence-corrected chi connectivity index (χ0v) is 8.90. The van der Waals surface area contributed by atoms with Crippen LogP contribution in [0, 0.1) is 16.7 Å². The van der Waals surface area contributed by atoms with Crippen molar-refractivity contribution in [2.75, 3.05) is 5.75 Å². The molecule has 1 aliphatic carbocycles. The van der Waals surface area contributed by atoms with E-state index in [1.807, 2.05) is 0 Å². The number of hydrogen-bond donors (Lipinski definition) is 1. The van der Waals surface area contributed by atoms with E-state index in [2.05, 4.69) is 27.7 Å². The van der Waals surface area contributed by atoms with E-state index >= 15 is 0 Å². The van der Waals surface area contributed by atoms with Crippen molar-refractivity contribution in [2.45, 2.75) is 27.7 Å². The molecule has 1 rings (SSSR count). The van der Waals surface area contributed by atoms with Crippen LogP contribution in [0.3, 0.4) is 0 Å². The normalized spacial score (nSPS) is 27.1. The third-order valence-electron chi connectivity index (χ3n) is 3.72. The molecule has 0 saturated heterocycles. The second-order valence-electron chi connectivity index (χ2n) is 4.83. The summed E-state index contributed by atoms with van der Waals surface area (Å²) in [6.45, 7) is 8.34. The zero-order chi connectivity index (χ0) is 9.78. The Labute approximate surface area is 74.4 Å². The van der Waals surface area contributed by atoms with Crippen molar-refractivity contribution >= 4 is 10.0 Å². The molecule has 0 spiro atoms. The molecule has 0 bridgehead atoms. The molecule has 0 atom stereocenters. The second kappa shape index (κ2) is 2.23. The van der Waals surface area contributed by atoms with Crippen molar-refractivity contribution < 1.29 is 8.42 Å². The van der Waals surface area contributed by atoms with E-state index in [0.717, 1.165) is 0 Å². The van der Waals surface area contributed by atoms with Gasteiger partial charge in [0.15, 0.2) is 0 Å². The molecule has 0 aromatic heterocycles. The van der Waals surface area contributed by atoms with Crippen LogP contribution < -0.4 is 5.14 Å². The number of hydrogen-bond acceptors (Lipinski definition) is 2. The molecule has 1 aliphatic rings. The maximum atomic E-state index is 10.8. The predicted molar refractivity (Wildman–Crippen MR) is 49.0 cm³/mol. The van der Waals surface area contributed by atoms with Crippen molar-refractivity contribution in [3.8, 4) is 0 Å². The van der Waals surface area contributed by atoms with Crippen molar-refractivity contribution in [3.05, 3.63) is 0 Å². The van der Waals surface area contributed by atoms with Gasteiger partial charge in [0.25, 0.3) is 0 Å². The maximum Gasteiger partial charge on any atom is 0.209 e. The molecule has 0 amide bonds. The minimum absolute atomic E-state index is 0.111. The van der Waals surface area contributed by atoms with E-state index in [4.69, 9.17) is 5.14 Å². The fraction of sp³-hybridized carbons (Fsp3) is 1.00. The molecule has 2 N–H and O–H groups in total. The average molecular weight is 191 g/mol. The predicted octanol–water partition coefficient (Wildman–Crippen LogP) is 0.957. The van der Waals surface area contributed by atoms with Gasteiger partial charge in [0.05, 0.1) is 5.75 Å². The maximum absolute atomic E-state index is 10.8. The molecule has 0 aliphatic heterocycles. The number of nitrogens with two attached hydrogens (primary N) is 1. The third kappa shape index (κ3) is 1.38. The molecule has 0 unspecified atom stereocenters. The third-order valence-corrected chi connectivity index (χ3v) is 4.52. The summed E-state index contributed by atoms with van der Waals surface area (Å²) in [6.07, 6.45) is 0. The smallest absolute Gasteiger partial charge is 0.209 e. The lowest BCUT2D eigenvalue weighted by atomic mass is 10.0. The van der Waals surface area contributed by atoms with Gasteiger partial charge < -0.3 is 0 Å². The van der Waals surface area contributed by atoms with Gasteiger partial charge in [-0.05, 0) is 16.7 Å². The number of primary sulfonamides is 1. The van der Waals surface area contributed by atoms with Crippen LogP contribution in [0.5, 0.6) is 0 Å². The Hall–Kier alpha value is -0.0900. The Kier molecular flexibility index (Phi) is 1.86. The molecule has 72 valence electrons. The molecule has 1 fully saturated rings. The lowest BCUT2D eigenvalue weighted by molar-refractivity contribution is 0.457. The van der Waals surface area contributed by atoms with E-state index in [1.54, 1.807) is 0 Å². The molecule has 12 heavy (non-hydrogen) atoms. The summed E-state index contributed by atoms with van der Waals surface area (Å²) in [7, 11) is -3.30. The molecule has 3 nitrogen and oxygen atoms in total. The standard InChI is InChI=1S/C8H17NO2S/c1-7(2)6(8(7,3)4)5-12(9,10)11/h6H,5H2,1-4H3,(H2,9,10,11).